The molecule has 4 nitrogen and oxygen atoms in total. The third-order valence-electron chi connectivity index (χ3n) is 4.99. The molecule has 0 amide bonds. The van der Waals surface area contributed by atoms with Crippen LogP contribution in [0.25, 0.3) is 0 Å². The molecule has 0 N–H and O–H groups in total. The molecular weight excluding hydrogens is 260 g/mol. The van der Waals surface area contributed by atoms with Crippen LogP contribution < -0.4 is 0 Å². The molecule has 1 heterocycles. The van der Waals surface area contributed by atoms with Gasteiger partial charge in [0.2, 0.25) is 10.0 Å². The highest BCUT2D eigenvalue weighted by Gasteiger charge is 2.48. The highest BCUT2D eigenvalue weighted by Crippen LogP contribution is 2.44. The number of nitrogens with zero attached hydrogens (tertiary/aromatic N) is 2. The van der Waals surface area contributed by atoms with E-state index in [2.05, 4.69) is 18.4 Å². The van der Waals surface area contributed by atoms with E-state index in [0.29, 0.717) is 23.6 Å². The summed E-state index contributed by atoms with van der Waals surface area (Å²) in [5.41, 5.74) is 0. The van der Waals surface area contributed by atoms with Crippen molar-refractivity contribution in [3.63, 3.8) is 0 Å². The van der Waals surface area contributed by atoms with Crippen LogP contribution in [0.2, 0.25) is 0 Å². The average molecular weight is 285 g/mol. The quantitative estimate of drug-likeness (QED) is 0.739. The van der Waals surface area contributed by atoms with Gasteiger partial charge < -0.3 is 4.90 Å². The molecule has 5 heteroatoms. The minimum atomic E-state index is -3.00. The van der Waals surface area contributed by atoms with E-state index in [1.165, 1.54) is 25.7 Å². The lowest BCUT2D eigenvalue weighted by atomic mass is 10.2. The fourth-order valence-electron chi connectivity index (χ4n) is 3.57. The predicted molar refractivity (Wildman–Crippen MR) is 76.1 cm³/mol. The molecule has 0 aromatic carbocycles. The molecule has 3 fully saturated rings. The number of fused-ring (bicyclic) bond motifs is 1. The van der Waals surface area contributed by atoms with Crippen molar-refractivity contribution in [2.24, 2.45) is 11.8 Å². The van der Waals surface area contributed by atoms with Gasteiger partial charge in [-0.2, -0.15) is 0 Å². The van der Waals surface area contributed by atoms with E-state index in [-0.39, 0.29) is 0 Å². The molecule has 1 radical (unpaired) electrons. The van der Waals surface area contributed by atoms with Crippen molar-refractivity contribution >= 4 is 10.0 Å². The number of hydrogen-bond donors (Lipinski definition) is 0. The van der Waals surface area contributed by atoms with Gasteiger partial charge in [0.1, 0.15) is 0 Å². The predicted octanol–water partition coefficient (Wildman–Crippen LogP) is 1.35. The van der Waals surface area contributed by atoms with Gasteiger partial charge in [0.05, 0.1) is 5.75 Å². The van der Waals surface area contributed by atoms with Crippen LogP contribution in [0.5, 0.6) is 0 Å². The SMILES string of the molecule is CN(CCCS(=O)(=O)N1C[C@H]2[CH][C@H]2C1)C1CCCC1. The van der Waals surface area contributed by atoms with Crippen molar-refractivity contribution in [2.45, 2.75) is 38.1 Å². The topological polar surface area (TPSA) is 40.6 Å². The Hall–Kier alpha value is -0.130. The lowest BCUT2D eigenvalue weighted by Crippen LogP contribution is -2.35. The zero-order chi connectivity index (χ0) is 13.5. The standard InChI is InChI=1S/C14H25N2O2S/c1-15(14-5-2-3-6-14)7-4-8-19(17,18)16-10-12-9-13(12)11-16/h9,12-14H,2-8,10-11H2,1H3/t12-,13+. The molecule has 1 aliphatic heterocycles. The molecule has 0 spiro atoms. The van der Waals surface area contributed by atoms with Gasteiger partial charge in [0.15, 0.2) is 0 Å². The molecule has 1 saturated heterocycles. The first kappa shape index (κ1) is 13.8. The van der Waals surface area contributed by atoms with E-state index in [1.54, 1.807) is 4.31 Å². The van der Waals surface area contributed by atoms with Crippen LogP contribution in [0, 0.1) is 18.3 Å². The molecule has 0 aromatic rings. The average Bonchev–Trinajstić information content (AvgIpc) is 2.86. The third kappa shape index (κ3) is 3.14. The fourth-order valence-corrected chi connectivity index (χ4v) is 5.12. The third-order valence-corrected chi connectivity index (χ3v) is 6.88. The number of rotatable bonds is 6. The second-order valence-corrected chi connectivity index (χ2v) is 8.51. The van der Waals surface area contributed by atoms with Crippen LogP contribution in [0.15, 0.2) is 0 Å². The summed E-state index contributed by atoms with van der Waals surface area (Å²) in [4.78, 5) is 2.36. The summed E-state index contributed by atoms with van der Waals surface area (Å²) in [7, 11) is -0.854. The minimum Gasteiger partial charge on any atom is -0.303 e. The highest BCUT2D eigenvalue weighted by molar-refractivity contribution is 7.89. The summed E-state index contributed by atoms with van der Waals surface area (Å²) >= 11 is 0. The number of sulfonamides is 1. The molecule has 2 aliphatic carbocycles. The summed E-state index contributed by atoms with van der Waals surface area (Å²) in [6, 6.07) is 0.691. The largest absolute Gasteiger partial charge is 0.303 e. The van der Waals surface area contributed by atoms with Crippen molar-refractivity contribution in [3.05, 3.63) is 6.42 Å². The summed E-state index contributed by atoms with van der Waals surface area (Å²) in [6.45, 7) is 2.40. The Kier molecular flexibility index (Phi) is 3.89. The van der Waals surface area contributed by atoms with E-state index in [4.69, 9.17) is 0 Å². The normalized spacial score (nSPS) is 32.1. The molecule has 3 rings (SSSR count). The van der Waals surface area contributed by atoms with Crippen LogP contribution in [0.3, 0.4) is 0 Å². The van der Waals surface area contributed by atoms with E-state index < -0.39 is 10.0 Å². The Morgan fingerprint density at radius 1 is 1.21 bits per heavy atom. The van der Waals surface area contributed by atoms with Gasteiger partial charge in [-0.15, -0.1) is 0 Å². The Bertz CT molecular complexity index is 407. The first-order valence-electron chi connectivity index (χ1n) is 7.59. The Balaban J connectivity index is 1.41. The Morgan fingerprint density at radius 3 is 2.47 bits per heavy atom. The van der Waals surface area contributed by atoms with Crippen molar-refractivity contribution in [2.75, 3.05) is 32.4 Å². The first-order chi connectivity index (χ1) is 9.06. The van der Waals surface area contributed by atoms with Gasteiger partial charge in [-0.3, -0.25) is 0 Å². The second-order valence-electron chi connectivity index (χ2n) is 6.43. The van der Waals surface area contributed by atoms with Gasteiger partial charge in [0.25, 0.3) is 0 Å². The molecule has 2 atom stereocenters. The maximum Gasteiger partial charge on any atom is 0.214 e. The van der Waals surface area contributed by atoms with Crippen molar-refractivity contribution < 1.29 is 8.42 Å². The summed E-state index contributed by atoms with van der Waals surface area (Å²) < 4.78 is 26.1. The van der Waals surface area contributed by atoms with Gasteiger partial charge in [0, 0.05) is 19.1 Å². The summed E-state index contributed by atoms with van der Waals surface area (Å²) in [6.07, 6.45) is 8.27. The Labute approximate surface area is 117 Å². The van der Waals surface area contributed by atoms with E-state index in [0.717, 1.165) is 26.1 Å². The van der Waals surface area contributed by atoms with Crippen LogP contribution in [-0.4, -0.2) is 56.1 Å². The zero-order valence-corrected chi connectivity index (χ0v) is 12.6. The van der Waals surface area contributed by atoms with Crippen LogP contribution in [-0.2, 0) is 10.0 Å². The monoisotopic (exact) mass is 285 g/mol. The second kappa shape index (κ2) is 5.34. The molecule has 0 bridgehead atoms. The van der Waals surface area contributed by atoms with Crippen molar-refractivity contribution in [1.82, 2.24) is 9.21 Å². The summed E-state index contributed by atoms with van der Waals surface area (Å²) in [5, 5.41) is 0. The molecule has 19 heavy (non-hydrogen) atoms. The maximum absolute atomic E-state index is 12.2. The van der Waals surface area contributed by atoms with Crippen LogP contribution in [0.4, 0.5) is 0 Å². The lowest BCUT2D eigenvalue weighted by molar-refractivity contribution is 0.246. The molecule has 0 unspecified atom stereocenters. The van der Waals surface area contributed by atoms with Gasteiger partial charge in [-0.1, -0.05) is 12.8 Å². The van der Waals surface area contributed by atoms with Gasteiger partial charge in [-0.05, 0) is 51.1 Å². The van der Waals surface area contributed by atoms with Gasteiger partial charge in [-0.25, -0.2) is 12.7 Å². The van der Waals surface area contributed by atoms with E-state index in [1.807, 2.05) is 0 Å². The number of hydrogen-bond acceptors (Lipinski definition) is 3. The zero-order valence-electron chi connectivity index (χ0n) is 11.8. The Morgan fingerprint density at radius 2 is 1.84 bits per heavy atom. The molecule has 2 saturated carbocycles. The van der Waals surface area contributed by atoms with Crippen LogP contribution in [0.1, 0.15) is 32.1 Å². The highest BCUT2D eigenvalue weighted by atomic mass is 32.2. The van der Waals surface area contributed by atoms with Crippen molar-refractivity contribution in [1.29, 1.82) is 0 Å². The smallest absolute Gasteiger partial charge is 0.214 e. The molecule has 0 aromatic heterocycles. The van der Waals surface area contributed by atoms with E-state index >= 15 is 0 Å². The maximum atomic E-state index is 12.2. The molecule has 3 aliphatic rings. The number of piperidine rings is 1. The van der Waals surface area contributed by atoms with E-state index in [9.17, 15) is 8.42 Å². The van der Waals surface area contributed by atoms with Gasteiger partial charge >= 0.3 is 0 Å². The fraction of sp³-hybridized carbons (Fsp3) is 0.929. The lowest BCUT2D eigenvalue weighted by Gasteiger charge is -2.24. The molecular formula is C14H25N2O2S. The van der Waals surface area contributed by atoms with Crippen molar-refractivity contribution in [3.8, 4) is 0 Å². The summed E-state index contributed by atoms with van der Waals surface area (Å²) in [5.74, 6) is 1.45. The molecule has 109 valence electrons. The minimum absolute atomic E-state index is 0.323. The van der Waals surface area contributed by atoms with Crippen LogP contribution >= 0.6 is 0 Å². The first-order valence-corrected chi connectivity index (χ1v) is 9.20.